The fraction of sp³-hybridized carbons (Fsp3) is 0.288. The summed E-state index contributed by atoms with van der Waals surface area (Å²) in [7, 11) is -7.77. The molecule has 3 saturated heterocycles. The van der Waals surface area contributed by atoms with E-state index in [9.17, 15) is 25.3 Å². The van der Waals surface area contributed by atoms with Gasteiger partial charge in [0.1, 0.15) is 17.5 Å². The molecule has 6 aromatic carbocycles. The largest absolute Gasteiger partial charge is 0.355 e. The second kappa shape index (κ2) is 24.1. The van der Waals surface area contributed by atoms with Gasteiger partial charge in [-0.05, 0) is 164 Å². The van der Waals surface area contributed by atoms with Crippen molar-refractivity contribution in [3.05, 3.63) is 146 Å². The van der Waals surface area contributed by atoms with Crippen LogP contribution in [0.2, 0.25) is 0 Å². The number of anilines is 3. The van der Waals surface area contributed by atoms with Crippen LogP contribution in [0.15, 0.2) is 161 Å². The first-order valence-corrected chi connectivity index (χ1v) is 31.3. The van der Waals surface area contributed by atoms with Gasteiger partial charge in [-0.3, -0.25) is 15.0 Å². The SMILES string of the molecule is CN(C)S(=O)(=O)c1ccc(-c2ccc3ncc(N4CCCCC4)nc3c2)cc1.NS(=O)(=O)c1ccc(-c2ccc3ncc(N4CCCCC4)nc3c2)cc1.NS(=O)(=O)c1cccc(-c2ccc3ncc(N4CCCCC4)nc3c2)c1. The number of sulfonamides is 3. The normalized spacial score (nSPS) is 15.3. The van der Waals surface area contributed by atoms with Gasteiger partial charge in [0.05, 0.1) is 66.4 Å². The molecule has 21 heteroatoms. The minimum Gasteiger partial charge on any atom is -0.355 e. The number of nitrogens with zero attached hydrogens (tertiary/aromatic N) is 10. The highest BCUT2D eigenvalue weighted by Gasteiger charge is 2.19. The Balaban J connectivity index is 0.000000135. The maximum absolute atomic E-state index is 12.2. The quantitative estimate of drug-likeness (QED) is 0.129. The number of hydrogen-bond acceptors (Lipinski definition) is 15. The number of nitrogens with two attached hydrogens (primary N) is 2. The second-order valence-electron chi connectivity index (χ2n) is 20.4. The minimum atomic E-state index is -3.73. The molecule has 12 rings (SSSR count). The van der Waals surface area contributed by atoms with Crippen LogP contribution in [0.25, 0.3) is 66.5 Å². The van der Waals surface area contributed by atoms with Gasteiger partial charge in [0.15, 0.2) is 0 Å². The Bertz CT molecular complexity index is 4020. The second-order valence-corrected chi connectivity index (χ2v) is 25.7. The molecule has 0 atom stereocenters. The van der Waals surface area contributed by atoms with Gasteiger partial charge in [0.25, 0.3) is 0 Å². The Morgan fingerprint density at radius 2 is 0.688 bits per heavy atom. The van der Waals surface area contributed by atoms with Crippen LogP contribution in [0.3, 0.4) is 0 Å². The average molecular weight is 1130 g/mol. The number of fused-ring (bicyclic) bond motifs is 3. The molecule has 0 bridgehead atoms. The molecule has 414 valence electrons. The fourth-order valence-electron chi connectivity index (χ4n) is 10.1. The van der Waals surface area contributed by atoms with Gasteiger partial charge in [0.2, 0.25) is 30.1 Å². The lowest BCUT2D eigenvalue weighted by Gasteiger charge is -2.27. The molecule has 0 amide bonds. The molecule has 0 spiro atoms. The summed E-state index contributed by atoms with van der Waals surface area (Å²) in [6, 6.07) is 37.7. The molecule has 0 radical (unpaired) electrons. The van der Waals surface area contributed by atoms with E-state index < -0.39 is 30.1 Å². The lowest BCUT2D eigenvalue weighted by molar-refractivity contribution is 0.520. The fourth-order valence-corrected chi connectivity index (χ4v) is 12.1. The van der Waals surface area contributed by atoms with E-state index in [1.165, 1.54) is 94.4 Å². The molecule has 4 N–H and O–H groups in total. The van der Waals surface area contributed by atoms with Gasteiger partial charge in [-0.1, -0.05) is 54.6 Å². The van der Waals surface area contributed by atoms with E-state index in [0.717, 1.165) is 123 Å². The minimum absolute atomic E-state index is 0.100. The van der Waals surface area contributed by atoms with E-state index in [1.807, 2.05) is 91.4 Å². The highest BCUT2D eigenvalue weighted by atomic mass is 32.2. The molecule has 0 saturated carbocycles. The first-order valence-electron chi connectivity index (χ1n) is 26.8. The predicted octanol–water partition coefficient (Wildman–Crippen LogP) is 9.41. The first-order chi connectivity index (χ1) is 38.5. The molecular formula is C59H64N12O6S3. The van der Waals surface area contributed by atoms with E-state index in [-0.39, 0.29) is 14.7 Å². The van der Waals surface area contributed by atoms with E-state index in [4.69, 9.17) is 25.2 Å². The van der Waals surface area contributed by atoms with Crippen LogP contribution in [-0.4, -0.2) is 113 Å². The molecule has 80 heavy (non-hydrogen) atoms. The Morgan fingerprint density at radius 3 is 1.04 bits per heavy atom. The van der Waals surface area contributed by atoms with Crippen LogP contribution in [0.5, 0.6) is 0 Å². The zero-order valence-corrected chi connectivity index (χ0v) is 47.2. The van der Waals surface area contributed by atoms with Crippen LogP contribution < -0.4 is 25.0 Å². The smallest absolute Gasteiger partial charge is 0.242 e. The van der Waals surface area contributed by atoms with Crippen molar-refractivity contribution >= 4 is 80.6 Å². The summed E-state index contributed by atoms with van der Waals surface area (Å²) in [6.07, 6.45) is 16.5. The number of rotatable bonds is 10. The molecule has 0 unspecified atom stereocenters. The summed E-state index contributed by atoms with van der Waals surface area (Å²) < 4.78 is 71.7. The molecule has 3 aliphatic heterocycles. The molecule has 3 fully saturated rings. The molecule has 3 aromatic heterocycles. The van der Waals surface area contributed by atoms with Crippen molar-refractivity contribution in [2.45, 2.75) is 72.5 Å². The number of primary sulfonamides is 2. The lowest BCUT2D eigenvalue weighted by Crippen LogP contribution is -2.30. The summed E-state index contributed by atoms with van der Waals surface area (Å²) in [5.74, 6) is 2.74. The predicted molar refractivity (Wildman–Crippen MR) is 317 cm³/mol. The van der Waals surface area contributed by atoms with Gasteiger partial charge < -0.3 is 14.7 Å². The molecular weight excluding hydrogens is 1070 g/mol. The molecule has 18 nitrogen and oxygen atoms in total. The zero-order valence-electron chi connectivity index (χ0n) is 44.8. The Hall–Kier alpha value is -7.53. The van der Waals surface area contributed by atoms with Crippen molar-refractivity contribution in [2.24, 2.45) is 10.3 Å². The molecule has 0 aliphatic carbocycles. The zero-order chi connectivity index (χ0) is 56.0. The summed E-state index contributed by atoms with van der Waals surface area (Å²) in [4.78, 5) is 35.4. The lowest BCUT2D eigenvalue weighted by atomic mass is 10.1. The van der Waals surface area contributed by atoms with Crippen LogP contribution in [0.1, 0.15) is 57.8 Å². The van der Waals surface area contributed by atoms with E-state index >= 15 is 0 Å². The van der Waals surface area contributed by atoms with Gasteiger partial charge in [-0.15, -0.1) is 0 Å². The third-order valence-corrected chi connectivity index (χ3v) is 18.3. The van der Waals surface area contributed by atoms with Crippen molar-refractivity contribution in [3.8, 4) is 33.4 Å². The topological polar surface area (TPSA) is 245 Å². The number of benzene rings is 6. The molecule has 3 aliphatic rings. The van der Waals surface area contributed by atoms with Crippen LogP contribution in [0, 0.1) is 0 Å². The van der Waals surface area contributed by atoms with Crippen molar-refractivity contribution in [1.82, 2.24) is 34.2 Å². The van der Waals surface area contributed by atoms with Gasteiger partial charge in [-0.2, -0.15) is 0 Å². The number of piperidine rings is 3. The van der Waals surface area contributed by atoms with E-state index in [0.29, 0.717) is 0 Å². The third-order valence-electron chi connectivity index (χ3n) is 14.6. The summed E-state index contributed by atoms with van der Waals surface area (Å²) in [5.41, 5.74) is 10.5. The maximum Gasteiger partial charge on any atom is 0.242 e. The summed E-state index contributed by atoms with van der Waals surface area (Å²) in [5, 5.41) is 10.4. The number of aromatic nitrogens is 6. The van der Waals surface area contributed by atoms with Gasteiger partial charge in [-0.25, -0.2) is 54.8 Å². The molecule has 9 aromatic rings. The Labute approximate surface area is 467 Å². The van der Waals surface area contributed by atoms with E-state index in [2.05, 4.69) is 29.7 Å². The summed E-state index contributed by atoms with van der Waals surface area (Å²) in [6.45, 7) is 6.12. The monoisotopic (exact) mass is 1130 g/mol. The van der Waals surface area contributed by atoms with Crippen LogP contribution in [0.4, 0.5) is 17.5 Å². The maximum atomic E-state index is 12.2. The van der Waals surface area contributed by atoms with Crippen molar-refractivity contribution in [1.29, 1.82) is 0 Å². The Kier molecular flexibility index (Phi) is 16.8. The number of hydrogen-bond donors (Lipinski definition) is 2. The van der Waals surface area contributed by atoms with Crippen LogP contribution >= 0.6 is 0 Å². The standard InChI is InChI=1S/C21H24N4O2S.2C19H20N4O2S/c1-24(2)28(26,27)18-9-6-16(7-10-18)17-8-11-19-20(14-17)23-21(15-22-19)25-12-4-3-5-13-25;20-26(24,25)16-7-4-14(5-8-16)15-6-9-17-18(12-15)22-19(13-21-17)23-10-2-1-3-11-23;20-26(24,25)16-6-4-5-14(11-16)15-7-8-17-18(12-15)22-19(13-21-17)23-9-2-1-3-10-23/h6-11,14-15H,3-5,12-13H2,1-2H3;4-9,12-13H,1-3,10-11H2,(H2,20,24,25);4-8,11-13H,1-3,9-10H2,(H2,20,24,25). The summed E-state index contributed by atoms with van der Waals surface area (Å²) >= 11 is 0. The van der Waals surface area contributed by atoms with Gasteiger partial charge in [0, 0.05) is 53.4 Å². The average Bonchev–Trinajstić information content (AvgIpc) is 3.50. The third kappa shape index (κ3) is 13.2. The highest BCUT2D eigenvalue weighted by molar-refractivity contribution is 7.89. The van der Waals surface area contributed by atoms with Crippen molar-refractivity contribution in [2.75, 3.05) is 68.1 Å². The first kappa shape index (κ1) is 55.8. The molecule has 6 heterocycles. The van der Waals surface area contributed by atoms with Crippen molar-refractivity contribution in [3.63, 3.8) is 0 Å². The van der Waals surface area contributed by atoms with E-state index in [1.54, 1.807) is 36.4 Å². The van der Waals surface area contributed by atoms with Crippen molar-refractivity contribution < 1.29 is 25.3 Å². The van der Waals surface area contributed by atoms with Gasteiger partial charge >= 0.3 is 0 Å². The highest BCUT2D eigenvalue weighted by Crippen LogP contribution is 2.30. The Morgan fingerprint density at radius 1 is 0.362 bits per heavy atom. The van der Waals surface area contributed by atoms with Crippen LogP contribution in [-0.2, 0) is 30.1 Å².